The summed E-state index contributed by atoms with van der Waals surface area (Å²) in [5.74, 6) is -0.864. The van der Waals surface area contributed by atoms with E-state index in [0.29, 0.717) is 11.3 Å². The maximum absolute atomic E-state index is 10.7. The normalized spacial score (nSPS) is 10.5. The van der Waals surface area contributed by atoms with Crippen LogP contribution in [-0.2, 0) is 11.2 Å². The quantitative estimate of drug-likeness (QED) is 0.741. The SMILES string of the molecule is O=C(O)CCc1nccc(-c2cccc(-c3ccccc3)c2)c1O. The second kappa shape index (κ2) is 6.96. The van der Waals surface area contributed by atoms with Crippen LogP contribution in [0.4, 0.5) is 0 Å². The van der Waals surface area contributed by atoms with Gasteiger partial charge in [0.15, 0.2) is 0 Å². The molecule has 0 radical (unpaired) electrons. The molecule has 0 amide bonds. The molecule has 2 N–H and O–H groups in total. The van der Waals surface area contributed by atoms with Crippen molar-refractivity contribution in [2.45, 2.75) is 12.8 Å². The van der Waals surface area contributed by atoms with E-state index in [0.717, 1.165) is 16.7 Å². The Kier molecular flexibility index (Phi) is 4.57. The second-order valence-electron chi connectivity index (χ2n) is 5.49. The summed E-state index contributed by atoms with van der Waals surface area (Å²) in [6, 6.07) is 19.6. The molecule has 3 rings (SSSR count). The first-order chi connectivity index (χ1) is 11.6. The number of carboxylic acids is 1. The molecule has 0 atom stereocenters. The molecule has 3 aromatic rings. The lowest BCUT2D eigenvalue weighted by atomic mass is 9.98. The van der Waals surface area contributed by atoms with Crippen LogP contribution in [-0.4, -0.2) is 21.2 Å². The number of aromatic nitrogens is 1. The Morgan fingerprint density at radius 3 is 2.38 bits per heavy atom. The van der Waals surface area contributed by atoms with Gasteiger partial charge >= 0.3 is 5.97 Å². The Bertz CT molecular complexity index is 860. The van der Waals surface area contributed by atoms with Crippen molar-refractivity contribution in [2.75, 3.05) is 0 Å². The summed E-state index contributed by atoms with van der Waals surface area (Å²) >= 11 is 0. The van der Waals surface area contributed by atoms with Gasteiger partial charge in [-0.2, -0.15) is 0 Å². The molecule has 0 aliphatic heterocycles. The van der Waals surface area contributed by atoms with Crippen molar-refractivity contribution in [3.8, 4) is 28.0 Å². The predicted molar refractivity (Wildman–Crippen MR) is 92.7 cm³/mol. The number of benzene rings is 2. The largest absolute Gasteiger partial charge is 0.505 e. The van der Waals surface area contributed by atoms with E-state index in [1.54, 1.807) is 12.3 Å². The lowest BCUT2D eigenvalue weighted by Gasteiger charge is -2.10. The van der Waals surface area contributed by atoms with E-state index >= 15 is 0 Å². The highest BCUT2D eigenvalue weighted by Gasteiger charge is 2.12. The van der Waals surface area contributed by atoms with Crippen LogP contribution in [0.1, 0.15) is 12.1 Å². The molecule has 1 aromatic heterocycles. The third-order valence-corrected chi connectivity index (χ3v) is 3.86. The summed E-state index contributed by atoms with van der Waals surface area (Å²) < 4.78 is 0. The van der Waals surface area contributed by atoms with E-state index < -0.39 is 5.97 Å². The standard InChI is InChI=1S/C20H17NO3/c22-19(23)10-9-18-20(24)17(11-12-21-18)16-8-4-7-15(13-16)14-5-2-1-3-6-14/h1-8,11-13,24H,9-10H2,(H,22,23). The van der Waals surface area contributed by atoms with Gasteiger partial charge < -0.3 is 10.2 Å². The van der Waals surface area contributed by atoms with Gasteiger partial charge in [-0.05, 0) is 28.8 Å². The van der Waals surface area contributed by atoms with Crippen molar-refractivity contribution in [3.63, 3.8) is 0 Å². The first-order valence-electron chi connectivity index (χ1n) is 7.69. The minimum Gasteiger partial charge on any atom is -0.505 e. The van der Waals surface area contributed by atoms with Gasteiger partial charge in [0.25, 0.3) is 0 Å². The van der Waals surface area contributed by atoms with E-state index in [1.807, 2.05) is 54.6 Å². The third kappa shape index (κ3) is 3.43. The predicted octanol–water partition coefficient (Wildman–Crippen LogP) is 4.14. The third-order valence-electron chi connectivity index (χ3n) is 3.86. The highest BCUT2D eigenvalue weighted by Crippen LogP contribution is 2.33. The van der Waals surface area contributed by atoms with Gasteiger partial charge in [0, 0.05) is 18.2 Å². The van der Waals surface area contributed by atoms with Gasteiger partial charge in [-0.1, -0.05) is 48.5 Å². The fourth-order valence-electron chi connectivity index (χ4n) is 2.64. The number of nitrogens with zero attached hydrogens (tertiary/aromatic N) is 1. The molecule has 0 fully saturated rings. The molecule has 24 heavy (non-hydrogen) atoms. The smallest absolute Gasteiger partial charge is 0.303 e. The van der Waals surface area contributed by atoms with Gasteiger partial charge in [-0.25, -0.2) is 0 Å². The van der Waals surface area contributed by atoms with Crippen LogP contribution < -0.4 is 0 Å². The van der Waals surface area contributed by atoms with Crippen molar-refractivity contribution in [1.29, 1.82) is 0 Å². The molecule has 0 bridgehead atoms. The van der Waals surface area contributed by atoms with Gasteiger partial charge in [0.05, 0.1) is 12.1 Å². The summed E-state index contributed by atoms with van der Waals surface area (Å²) in [6.07, 6.45) is 1.74. The van der Waals surface area contributed by atoms with Gasteiger partial charge in [0.1, 0.15) is 5.75 Å². The molecule has 4 heteroatoms. The lowest BCUT2D eigenvalue weighted by Crippen LogP contribution is -2.00. The summed E-state index contributed by atoms with van der Waals surface area (Å²) in [4.78, 5) is 14.8. The Morgan fingerprint density at radius 2 is 1.62 bits per heavy atom. The molecule has 2 aromatic carbocycles. The first kappa shape index (κ1) is 15.7. The summed E-state index contributed by atoms with van der Waals surface area (Å²) in [6.45, 7) is 0. The monoisotopic (exact) mass is 319 g/mol. The van der Waals surface area contributed by atoms with Crippen LogP contribution in [0.25, 0.3) is 22.3 Å². The van der Waals surface area contributed by atoms with E-state index in [-0.39, 0.29) is 18.6 Å². The molecule has 120 valence electrons. The zero-order valence-corrected chi connectivity index (χ0v) is 13.0. The number of aromatic hydroxyl groups is 1. The van der Waals surface area contributed by atoms with Crippen LogP contribution in [0.3, 0.4) is 0 Å². The minimum atomic E-state index is -0.910. The van der Waals surface area contributed by atoms with Crippen molar-refractivity contribution in [1.82, 2.24) is 4.98 Å². The van der Waals surface area contributed by atoms with Crippen LogP contribution in [0.5, 0.6) is 5.75 Å². The van der Waals surface area contributed by atoms with Crippen molar-refractivity contribution >= 4 is 5.97 Å². The molecule has 0 saturated heterocycles. The van der Waals surface area contributed by atoms with Gasteiger partial charge in [0.2, 0.25) is 0 Å². The van der Waals surface area contributed by atoms with Gasteiger partial charge in [-0.15, -0.1) is 0 Å². The van der Waals surface area contributed by atoms with Crippen molar-refractivity contribution < 1.29 is 15.0 Å². The molecule has 0 aliphatic carbocycles. The van der Waals surface area contributed by atoms with Crippen LogP contribution in [0.2, 0.25) is 0 Å². The highest BCUT2D eigenvalue weighted by atomic mass is 16.4. The molecular formula is C20H17NO3. The molecular weight excluding hydrogens is 302 g/mol. The summed E-state index contributed by atoms with van der Waals surface area (Å²) in [5, 5.41) is 19.3. The molecule has 0 spiro atoms. The minimum absolute atomic E-state index is 0.0453. The number of rotatable bonds is 5. The average Bonchev–Trinajstić information content (AvgIpc) is 2.61. The Morgan fingerprint density at radius 1 is 0.917 bits per heavy atom. The Labute approximate surface area is 140 Å². The zero-order valence-electron chi connectivity index (χ0n) is 13.0. The van der Waals surface area contributed by atoms with Crippen molar-refractivity contribution in [2.24, 2.45) is 0 Å². The molecule has 4 nitrogen and oxygen atoms in total. The number of aliphatic carboxylic acids is 1. The zero-order chi connectivity index (χ0) is 16.9. The first-order valence-corrected chi connectivity index (χ1v) is 7.69. The number of aryl methyl sites for hydroxylation is 1. The molecule has 0 saturated carbocycles. The second-order valence-corrected chi connectivity index (χ2v) is 5.49. The fourth-order valence-corrected chi connectivity index (χ4v) is 2.64. The molecule has 0 unspecified atom stereocenters. The fraction of sp³-hybridized carbons (Fsp3) is 0.100. The van der Waals surface area contributed by atoms with E-state index in [1.165, 1.54) is 0 Å². The van der Waals surface area contributed by atoms with Crippen molar-refractivity contribution in [3.05, 3.63) is 72.6 Å². The number of carbonyl (C=O) groups is 1. The average molecular weight is 319 g/mol. The Balaban J connectivity index is 1.98. The topological polar surface area (TPSA) is 70.4 Å². The number of carboxylic acid groups (broad SMARTS) is 1. The lowest BCUT2D eigenvalue weighted by molar-refractivity contribution is -0.136. The van der Waals surface area contributed by atoms with E-state index in [2.05, 4.69) is 4.98 Å². The number of hydrogen-bond acceptors (Lipinski definition) is 3. The number of hydrogen-bond donors (Lipinski definition) is 2. The summed E-state index contributed by atoms with van der Waals surface area (Å²) in [7, 11) is 0. The highest BCUT2D eigenvalue weighted by molar-refractivity contribution is 5.76. The maximum Gasteiger partial charge on any atom is 0.303 e. The van der Waals surface area contributed by atoms with E-state index in [4.69, 9.17) is 5.11 Å². The van der Waals surface area contributed by atoms with Gasteiger partial charge in [-0.3, -0.25) is 9.78 Å². The van der Waals surface area contributed by atoms with Crippen LogP contribution in [0, 0.1) is 0 Å². The van der Waals surface area contributed by atoms with Crippen LogP contribution >= 0.6 is 0 Å². The van der Waals surface area contributed by atoms with Crippen LogP contribution in [0.15, 0.2) is 66.9 Å². The maximum atomic E-state index is 10.7. The van der Waals surface area contributed by atoms with E-state index in [9.17, 15) is 9.90 Å². The number of pyridine rings is 1. The Hall–Kier alpha value is -3.14. The molecule has 1 heterocycles. The molecule has 0 aliphatic rings. The summed E-state index contributed by atoms with van der Waals surface area (Å²) in [5.41, 5.74) is 4.08.